The highest BCUT2D eigenvalue weighted by molar-refractivity contribution is 5.96. The molecule has 1 aliphatic carbocycles. The normalized spacial score (nSPS) is 18.5. The molecule has 28 heavy (non-hydrogen) atoms. The van der Waals surface area contributed by atoms with Crippen LogP contribution < -0.4 is 0 Å². The zero-order valence-corrected chi connectivity index (χ0v) is 16.8. The monoisotopic (exact) mass is 383 g/mol. The molecular formula is C22H29N3O3. The Morgan fingerprint density at radius 2 is 1.61 bits per heavy atom. The van der Waals surface area contributed by atoms with Crippen molar-refractivity contribution in [3.63, 3.8) is 0 Å². The topological polar surface area (TPSA) is 58.7 Å². The molecule has 0 aromatic carbocycles. The number of nitrogens with zero attached hydrogens (tertiary/aromatic N) is 3. The Morgan fingerprint density at radius 3 is 2.21 bits per heavy atom. The number of furan rings is 1. The Hall–Kier alpha value is -2.50. The zero-order chi connectivity index (χ0) is 19.7. The number of rotatable bonds is 3. The van der Waals surface area contributed by atoms with Crippen LogP contribution in [0, 0.1) is 13.8 Å². The summed E-state index contributed by atoms with van der Waals surface area (Å²) in [5, 5.41) is 0. The van der Waals surface area contributed by atoms with E-state index in [9.17, 15) is 9.59 Å². The number of amides is 2. The maximum absolute atomic E-state index is 13.2. The molecule has 2 aromatic heterocycles. The molecule has 1 saturated carbocycles. The van der Waals surface area contributed by atoms with Crippen molar-refractivity contribution < 1.29 is 14.0 Å². The van der Waals surface area contributed by atoms with E-state index in [-0.39, 0.29) is 11.8 Å². The molecule has 0 unspecified atom stereocenters. The highest BCUT2D eigenvalue weighted by Gasteiger charge is 2.29. The van der Waals surface area contributed by atoms with Gasteiger partial charge in [0.25, 0.3) is 11.8 Å². The van der Waals surface area contributed by atoms with Crippen LogP contribution in [0.4, 0.5) is 0 Å². The van der Waals surface area contributed by atoms with Gasteiger partial charge in [-0.05, 0) is 38.8 Å². The van der Waals surface area contributed by atoms with E-state index < -0.39 is 0 Å². The van der Waals surface area contributed by atoms with E-state index in [0.29, 0.717) is 37.8 Å². The summed E-state index contributed by atoms with van der Waals surface area (Å²) in [5.74, 6) is 0.0573. The number of hydrogen-bond donors (Lipinski definition) is 0. The van der Waals surface area contributed by atoms with Gasteiger partial charge in [-0.1, -0.05) is 19.3 Å². The largest absolute Gasteiger partial charge is 0.472 e. The summed E-state index contributed by atoms with van der Waals surface area (Å²) in [6, 6.07) is 4.26. The summed E-state index contributed by atoms with van der Waals surface area (Å²) in [7, 11) is 0. The quantitative estimate of drug-likeness (QED) is 0.810. The first kappa shape index (κ1) is 18.8. The SMILES string of the molecule is Cc1cc(C(=O)N2CCN(C(=O)c3ccoc3)CC2)c(C)n1C1CCCCC1. The van der Waals surface area contributed by atoms with Gasteiger partial charge in [-0.25, -0.2) is 0 Å². The number of aryl methyl sites for hydroxylation is 1. The maximum Gasteiger partial charge on any atom is 0.257 e. The predicted molar refractivity (Wildman–Crippen MR) is 107 cm³/mol. The van der Waals surface area contributed by atoms with E-state index in [0.717, 1.165) is 11.3 Å². The second-order valence-electron chi connectivity index (χ2n) is 8.04. The van der Waals surface area contributed by atoms with Crippen LogP contribution in [-0.4, -0.2) is 52.4 Å². The van der Waals surface area contributed by atoms with Gasteiger partial charge in [0.1, 0.15) is 6.26 Å². The van der Waals surface area contributed by atoms with Crippen molar-refractivity contribution >= 4 is 11.8 Å². The smallest absolute Gasteiger partial charge is 0.257 e. The van der Waals surface area contributed by atoms with Crippen molar-refractivity contribution in [2.45, 2.75) is 52.0 Å². The van der Waals surface area contributed by atoms with Crippen LogP contribution in [0.5, 0.6) is 0 Å². The Morgan fingerprint density at radius 1 is 0.964 bits per heavy atom. The third-order valence-corrected chi connectivity index (χ3v) is 6.28. The average molecular weight is 383 g/mol. The minimum Gasteiger partial charge on any atom is -0.472 e. The van der Waals surface area contributed by atoms with E-state index in [2.05, 4.69) is 24.5 Å². The molecule has 1 saturated heterocycles. The van der Waals surface area contributed by atoms with Gasteiger partial charge in [0, 0.05) is 43.6 Å². The average Bonchev–Trinajstić information content (AvgIpc) is 3.36. The number of carbonyl (C=O) groups is 2. The van der Waals surface area contributed by atoms with Crippen LogP contribution in [0.2, 0.25) is 0 Å². The first-order valence-electron chi connectivity index (χ1n) is 10.4. The molecular weight excluding hydrogens is 354 g/mol. The molecule has 0 radical (unpaired) electrons. The highest BCUT2D eigenvalue weighted by atomic mass is 16.3. The summed E-state index contributed by atoms with van der Waals surface area (Å²) >= 11 is 0. The Labute approximate surface area is 166 Å². The summed E-state index contributed by atoms with van der Waals surface area (Å²) < 4.78 is 7.39. The van der Waals surface area contributed by atoms with Gasteiger partial charge in [0.05, 0.1) is 17.4 Å². The lowest BCUT2D eigenvalue weighted by Gasteiger charge is -2.34. The third-order valence-electron chi connectivity index (χ3n) is 6.28. The molecule has 1 aliphatic heterocycles. The Kier molecular flexibility index (Phi) is 5.29. The van der Waals surface area contributed by atoms with Gasteiger partial charge in [0.2, 0.25) is 0 Å². The van der Waals surface area contributed by atoms with Gasteiger partial charge < -0.3 is 18.8 Å². The van der Waals surface area contributed by atoms with Crippen molar-refractivity contribution in [3.05, 3.63) is 47.2 Å². The van der Waals surface area contributed by atoms with Crippen molar-refractivity contribution in [1.82, 2.24) is 14.4 Å². The summed E-state index contributed by atoms with van der Waals surface area (Å²) in [6.07, 6.45) is 9.27. The molecule has 0 N–H and O–H groups in total. The van der Waals surface area contributed by atoms with Crippen molar-refractivity contribution in [3.8, 4) is 0 Å². The van der Waals surface area contributed by atoms with E-state index in [1.807, 2.05) is 4.90 Å². The van der Waals surface area contributed by atoms with Crippen molar-refractivity contribution in [2.75, 3.05) is 26.2 Å². The summed E-state index contributed by atoms with van der Waals surface area (Å²) in [5.41, 5.74) is 3.65. The fraction of sp³-hybridized carbons (Fsp3) is 0.545. The minimum absolute atomic E-state index is 0.0312. The van der Waals surface area contributed by atoms with Crippen LogP contribution in [0.1, 0.15) is 70.2 Å². The molecule has 4 rings (SSSR count). The van der Waals surface area contributed by atoms with Gasteiger partial charge in [-0.3, -0.25) is 9.59 Å². The lowest BCUT2D eigenvalue weighted by molar-refractivity contribution is 0.0534. The van der Waals surface area contributed by atoms with E-state index in [1.54, 1.807) is 11.0 Å². The maximum atomic E-state index is 13.2. The Balaban J connectivity index is 1.43. The minimum atomic E-state index is -0.0312. The number of hydrogen-bond acceptors (Lipinski definition) is 3. The summed E-state index contributed by atoms with van der Waals surface area (Å²) in [6.45, 7) is 6.42. The molecule has 150 valence electrons. The van der Waals surface area contributed by atoms with Gasteiger partial charge in [0.15, 0.2) is 0 Å². The standard InChI is InChI=1S/C22H29N3O3/c1-16-14-20(17(2)25(16)19-6-4-3-5-7-19)22(27)24-11-9-23(10-12-24)21(26)18-8-13-28-15-18/h8,13-15,19H,3-7,9-12H2,1-2H3. The van der Waals surface area contributed by atoms with Crippen molar-refractivity contribution in [2.24, 2.45) is 0 Å². The molecule has 2 amide bonds. The molecule has 3 heterocycles. The van der Waals surface area contributed by atoms with Crippen LogP contribution in [0.3, 0.4) is 0 Å². The first-order valence-corrected chi connectivity index (χ1v) is 10.4. The number of carbonyl (C=O) groups excluding carboxylic acids is 2. The summed E-state index contributed by atoms with van der Waals surface area (Å²) in [4.78, 5) is 29.3. The van der Waals surface area contributed by atoms with Crippen LogP contribution in [0.15, 0.2) is 29.1 Å². The van der Waals surface area contributed by atoms with Crippen LogP contribution in [-0.2, 0) is 0 Å². The van der Waals surface area contributed by atoms with Crippen LogP contribution >= 0.6 is 0 Å². The van der Waals surface area contributed by atoms with Gasteiger partial charge >= 0.3 is 0 Å². The predicted octanol–water partition coefficient (Wildman–Crippen LogP) is 3.80. The molecule has 2 aromatic rings. The number of piperazine rings is 1. The fourth-order valence-electron chi connectivity index (χ4n) is 4.75. The Bertz CT molecular complexity index is 839. The lowest BCUT2D eigenvalue weighted by atomic mass is 9.95. The molecule has 0 atom stereocenters. The van der Waals surface area contributed by atoms with E-state index in [4.69, 9.17) is 4.42 Å². The third kappa shape index (κ3) is 3.48. The molecule has 2 fully saturated rings. The second-order valence-corrected chi connectivity index (χ2v) is 8.04. The van der Waals surface area contributed by atoms with E-state index in [1.165, 1.54) is 50.3 Å². The van der Waals surface area contributed by atoms with Crippen molar-refractivity contribution in [1.29, 1.82) is 0 Å². The fourth-order valence-corrected chi connectivity index (χ4v) is 4.75. The molecule has 0 bridgehead atoms. The highest BCUT2D eigenvalue weighted by Crippen LogP contribution is 2.32. The number of aromatic nitrogens is 1. The second kappa shape index (κ2) is 7.86. The molecule has 0 spiro atoms. The zero-order valence-electron chi connectivity index (χ0n) is 16.8. The van der Waals surface area contributed by atoms with E-state index >= 15 is 0 Å². The van der Waals surface area contributed by atoms with Gasteiger partial charge in [-0.2, -0.15) is 0 Å². The lowest BCUT2D eigenvalue weighted by Crippen LogP contribution is -2.50. The van der Waals surface area contributed by atoms with Crippen LogP contribution in [0.25, 0.3) is 0 Å². The molecule has 6 heteroatoms. The first-order chi connectivity index (χ1) is 13.6. The van der Waals surface area contributed by atoms with Gasteiger partial charge in [-0.15, -0.1) is 0 Å². The molecule has 6 nitrogen and oxygen atoms in total. The molecule has 2 aliphatic rings.